The van der Waals surface area contributed by atoms with Crippen LogP contribution in [0.5, 0.6) is 0 Å². The number of anilines is 1. The van der Waals surface area contributed by atoms with Crippen LogP contribution < -0.4 is 4.90 Å². The van der Waals surface area contributed by atoms with E-state index in [0.717, 1.165) is 43.9 Å². The first-order valence-corrected chi connectivity index (χ1v) is 8.82. The minimum Gasteiger partial charge on any atom is -0.395 e. The van der Waals surface area contributed by atoms with Crippen molar-refractivity contribution in [3.05, 3.63) is 23.7 Å². The monoisotopic (exact) mass is 344 g/mol. The average Bonchev–Trinajstić information content (AvgIpc) is 2.89. The molecule has 0 spiro atoms. The molecular formula is C17H20N4O2S. The molecule has 1 aliphatic rings. The maximum absolute atomic E-state index is 9.19. The van der Waals surface area contributed by atoms with Gasteiger partial charge in [-0.2, -0.15) is 0 Å². The fourth-order valence-corrected chi connectivity index (χ4v) is 4.28. The Labute approximate surface area is 144 Å². The summed E-state index contributed by atoms with van der Waals surface area (Å²) in [7, 11) is 1.93. The van der Waals surface area contributed by atoms with E-state index in [1.54, 1.807) is 17.7 Å². The summed E-state index contributed by atoms with van der Waals surface area (Å²) in [5.74, 6) is 0.839. The molecule has 0 amide bonds. The van der Waals surface area contributed by atoms with Gasteiger partial charge < -0.3 is 14.7 Å². The lowest BCUT2D eigenvalue weighted by molar-refractivity contribution is -0.0411. The normalized spacial score (nSPS) is 16.5. The fraction of sp³-hybridized carbons (Fsp3) is 0.471. The number of fused-ring (bicyclic) bond motifs is 4. The lowest BCUT2D eigenvalue weighted by Crippen LogP contribution is -2.32. The number of pyridine rings is 1. The SMILES string of the molecule is CN(CCO)c1ncnc2c1sc1nc3c(cc12)COC(C)(C)C3. The van der Waals surface area contributed by atoms with Gasteiger partial charge in [-0.05, 0) is 19.9 Å². The van der Waals surface area contributed by atoms with Crippen molar-refractivity contribution in [3.8, 4) is 0 Å². The lowest BCUT2D eigenvalue weighted by atomic mass is 9.95. The average molecular weight is 344 g/mol. The van der Waals surface area contributed by atoms with Gasteiger partial charge in [-0.15, -0.1) is 11.3 Å². The summed E-state index contributed by atoms with van der Waals surface area (Å²) >= 11 is 1.62. The molecule has 0 atom stereocenters. The lowest BCUT2D eigenvalue weighted by Gasteiger charge is -2.30. The highest BCUT2D eigenvalue weighted by molar-refractivity contribution is 7.25. The molecule has 4 rings (SSSR count). The standard InChI is InChI=1S/C17H20N4O2S/c1-17(2)7-12-10(8-23-17)6-11-13-14(24-16(11)20-12)15(19-9-18-13)21(3)4-5-22/h6,9,22H,4-5,7-8H2,1-3H3. The van der Waals surface area contributed by atoms with E-state index in [0.29, 0.717) is 13.2 Å². The van der Waals surface area contributed by atoms with Gasteiger partial charge in [-0.25, -0.2) is 15.0 Å². The van der Waals surface area contributed by atoms with Gasteiger partial charge in [0.1, 0.15) is 17.0 Å². The van der Waals surface area contributed by atoms with Crippen LogP contribution in [0.25, 0.3) is 20.4 Å². The Morgan fingerprint density at radius 3 is 3.00 bits per heavy atom. The Balaban J connectivity index is 1.91. The second-order valence-corrected chi connectivity index (χ2v) is 7.79. The number of ether oxygens (including phenoxy) is 1. The van der Waals surface area contributed by atoms with Gasteiger partial charge in [-0.1, -0.05) is 0 Å². The first-order valence-electron chi connectivity index (χ1n) is 8.00. The van der Waals surface area contributed by atoms with E-state index < -0.39 is 0 Å². The second kappa shape index (κ2) is 5.61. The molecule has 0 unspecified atom stereocenters. The molecule has 0 saturated heterocycles. The summed E-state index contributed by atoms with van der Waals surface area (Å²) in [4.78, 5) is 16.7. The third-order valence-electron chi connectivity index (χ3n) is 4.40. The maximum atomic E-state index is 9.19. The van der Waals surface area contributed by atoms with Crippen molar-refractivity contribution < 1.29 is 9.84 Å². The molecular weight excluding hydrogens is 324 g/mol. The number of rotatable bonds is 3. The van der Waals surface area contributed by atoms with Gasteiger partial charge in [0.05, 0.1) is 34.7 Å². The van der Waals surface area contributed by atoms with Gasteiger partial charge >= 0.3 is 0 Å². The van der Waals surface area contributed by atoms with Crippen molar-refractivity contribution in [2.75, 3.05) is 25.1 Å². The van der Waals surface area contributed by atoms with Crippen LogP contribution >= 0.6 is 11.3 Å². The number of hydrogen-bond donors (Lipinski definition) is 1. The number of nitrogens with zero attached hydrogens (tertiary/aromatic N) is 4. The zero-order valence-electron chi connectivity index (χ0n) is 14.0. The first kappa shape index (κ1) is 15.7. The Kier molecular flexibility index (Phi) is 3.67. The predicted molar refractivity (Wildman–Crippen MR) is 95.6 cm³/mol. The second-order valence-electron chi connectivity index (χ2n) is 6.79. The van der Waals surface area contributed by atoms with Gasteiger partial charge in [0.25, 0.3) is 0 Å². The molecule has 6 nitrogen and oxygen atoms in total. The molecule has 4 heterocycles. The zero-order chi connectivity index (χ0) is 16.9. The van der Waals surface area contributed by atoms with E-state index in [-0.39, 0.29) is 12.2 Å². The molecule has 0 saturated carbocycles. The molecule has 1 N–H and O–H groups in total. The molecule has 3 aromatic rings. The molecule has 0 fully saturated rings. The Bertz CT molecular complexity index is 922. The first-order chi connectivity index (χ1) is 11.5. The summed E-state index contributed by atoms with van der Waals surface area (Å²) in [6, 6.07) is 2.16. The summed E-state index contributed by atoms with van der Waals surface area (Å²) < 4.78 is 6.93. The molecule has 126 valence electrons. The van der Waals surface area contributed by atoms with E-state index >= 15 is 0 Å². The zero-order valence-corrected chi connectivity index (χ0v) is 14.9. The van der Waals surface area contributed by atoms with Gasteiger partial charge in [0.2, 0.25) is 0 Å². The topological polar surface area (TPSA) is 71.4 Å². The molecule has 1 aliphatic heterocycles. The minimum atomic E-state index is -0.170. The minimum absolute atomic E-state index is 0.0891. The summed E-state index contributed by atoms with van der Waals surface area (Å²) in [5, 5.41) is 10.2. The van der Waals surface area contributed by atoms with Gasteiger partial charge in [-0.3, -0.25) is 0 Å². The number of aliphatic hydroxyl groups excluding tert-OH is 1. The Hall–Kier alpha value is -1.83. The summed E-state index contributed by atoms with van der Waals surface area (Å²) in [5.41, 5.74) is 3.01. The van der Waals surface area contributed by atoms with Crippen molar-refractivity contribution in [2.24, 2.45) is 0 Å². The van der Waals surface area contributed by atoms with Gasteiger partial charge in [0, 0.05) is 31.0 Å². The van der Waals surface area contributed by atoms with Crippen molar-refractivity contribution >= 4 is 37.6 Å². The van der Waals surface area contributed by atoms with Crippen LogP contribution in [0.1, 0.15) is 25.1 Å². The van der Waals surface area contributed by atoms with Crippen molar-refractivity contribution in [2.45, 2.75) is 32.5 Å². The Morgan fingerprint density at radius 1 is 1.38 bits per heavy atom. The highest BCUT2D eigenvalue weighted by atomic mass is 32.1. The van der Waals surface area contributed by atoms with E-state index in [2.05, 4.69) is 29.9 Å². The van der Waals surface area contributed by atoms with Crippen molar-refractivity contribution in [1.82, 2.24) is 15.0 Å². The molecule has 7 heteroatoms. The molecule has 3 aromatic heterocycles. The van der Waals surface area contributed by atoms with E-state index in [1.807, 2.05) is 11.9 Å². The Morgan fingerprint density at radius 2 is 2.21 bits per heavy atom. The molecule has 24 heavy (non-hydrogen) atoms. The van der Waals surface area contributed by atoms with Gasteiger partial charge in [0.15, 0.2) is 0 Å². The summed E-state index contributed by atoms with van der Waals surface area (Å²) in [6.07, 6.45) is 2.40. The van der Waals surface area contributed by atoms with Crippen LogP contribution in [0.2, 0.25) is 0 Å². The largest absolute Gasteiger partial charge is 0.395 e. The molecule has 0 aromatic carbocycles. The molecule has 0 radical (unpaired) electrons. The maximum Gasteiger partial charge on any atom is 0.149 e. The third-order valence-corrected chi connectivity index (χ3v) is 5.49. The van der Waals surface area contributed by atoms with Crippen molar-refractivity contribution in [1.29, 1.82) is 0 Å². The molecule has 0 bridgehead atoms. The molecule has 0 aliphatic carbocycles. The van der Waals surface area contributed by atoms with Crippen LogP contribution in [-0.2, 0) is 17.8 Å². The van der Waals surface area contributed by atoms with Crippen LogP contribution in [-0.4, -0.2) is 45.9 Å². The highest BCUT2D eigenvalue weighted by Crippen LogP contribution is 2.38. The van der Waals surface area contributed by atoms with E-state index in [4.69, 9.17) is 9.72 Å². The van der Waals surface area contributed by atoms with Crippen LogP contribution in [0, 0.1) is 0 Å². The van der Waals surface area contributed by atoms with Crippen LogP contribution in [0.4, 0.5) is 5.82 Å². The number of likely N-dealkylation sites (N-methyl/N-ethyl adjacent to an activating group) is 1. The fourth-order valence-electron chi connectivity index (χ4n) is 3.10. The number of thiophene rings is 1. The van der Waals surface area contributed by atoms with Crippen molar-refractivity contribution in [3.63, 3.8) is 0 Å². The number of aliphatic hydroxyl groups is 1. The quantitative estimate of drug-likeness (QED) is 0.787. The van der Waals surface area contributed by atoms with Crippen LogP contribution in [0.3, 0.4) is 0 Å². The highest BCUT2D eigenvalue weighted by Gasteiger charge is 2.28. The smallest absolute Gasteiger partial charge is 0.149 e. The van der Waals surface area contributed by atoms with Crippen LogP contribution in [0.15, 0.2) is 12.4 Å². The predicted octanol–water partition coefficient (Wildman–Crippen LogP) is 2.52. The number of aromatic nitrogens is 3. The summed E-state index contributed by atoms with van der Waals surface area (Å²) in [6.45, 7) is 5.41. The van der Waals surface area contributed by atoms with E-state index in [1.165, 1.54) is 0 Å². The van der Waals surface area contributed by atoms with E-state index in [9.17, 15) is 5.11 Å². The number of hydrogen-bond acceptors (Lipinski definition) is 7. The third kappa shape index (κ3) is 2.53.